The van der Waals surface area contributed by atoms with E-state index in [1.165, 1.54) is 18.5 Å². The first-order valence-electron chi connectivity index (χ1n) is 10.2. The molecule has 4 rings (SSSR count). The van der Waals surface area contributed by atoms with E-state index in [-0.39, 0.29) is 5.02 Å². The summed E-state index contributed by atoms with van der Waals surface area (Å²) in [6, 6.07) is 8.71. The van der Waals surface area contributed by atoms with E-state index in [4.69, 9.17) is 21.1 Å². The molecule has 3 aromatic rings. The van der Waals surface area contributed by atoms with Gasteiger partial charge in [-0.1, -0.05) is 11.6 Å². The zero-order valence-corrected chi connectivity index (χ0v) is 18.0. The molecule has 1 fully saturated rings. The van der Waals surface area contributed by atoms with E-state index >= 15 is 0 Å². The van der Waals surface area contributed by atoms with E-state index in [9.17, 15) is 4.39 Å². The maximum absolute atomic E-state index is 13.5. The van der Waals surface area contributed by atoms with E-state index in [2.05, 4.69) is 25.9 Å². The number of anilines is 3. The first kappa shape index (κ1) is 21.5. The summed E-state index contributed by atoms with van der Waals surface area (Å²) in [4.78, 5) is 8.80. The molecule has 0 aliphatic carbocycles. The number of nitrogens with one attached hydrogen (secondary N) is 3. The van der Waals surface area contributed by atoms with Crippen molar-refractivity contribution in [2.24, 2.45) is 0 Å². The van der Waals surface area contributed by atoms with Crippen LogP contribution in [0.3, 0.4) is 0 Å². The summed E-state index contributed by atoms with van der Waals surface area (Å²) in [7, 11) is 1.64. The summed E-state index contributed by atoms with van der Waals surface area (Å²) in [5, 5.41) is 11.1. The van der Waals surface area contributed by atoms with Crippen LogP contribution < -0.4 is 20.7 Å². The van der Waals surface area contributed by atoms with Crippen molar-refractivity contribution in [2.45, 2.75) is 18.9 Å². The third-order valence-electron chi connectivity index (χ3n) is 5.16. The molecule has 9 heteroatoms. The van der Waals surface area contributed by atoms with Crippen molar-refractivity contribution in [1.29, 1.82) is 0 Å². The number of hydrogen-bond donors (Lipinski definition) is 3. The quantitative estimate of drug-likeness (QED) is 0.444. The molecule has 2 aromatic carbocycles. The second-order valence-corrected chi connectivity index (χ2v) is 7.76. The second kappa shape index (κ2) is 10.1. The molecule has 31 heavy (non-hydrogen) atoms. The SMILES string of the molecule is COCCOc1cc2ncnc(Nc3ccc(F)c(Cl)c3)c2cc1NC1CCNCC1. The highest BCUT2D eigenvalue weighted by atomic mass is 35.5. The molecule has 1 saturated heterocycles. The molecule has 1 aliphatic rings. The van der Waals surface area contributed by atoms with Gasteiger partial charge in [0, 0.05) is 30.3 Å². The average molecular weight is 446 g/mol. The fourth-order valence-electron chi connectivity index (χ4n) is 3.55. The number of hydrogen-bond acceptors (Lipinski definition) is 7. The molecule has 2 heterocycles. The van der Waals surface area contributed by atoms with E-state index in [1.807, 2.05) is 12.1 Å². The summed E-state index contributed by atoms with van der Waals surface area (Å²) in [5.74, 6) is 0.855. The fraction of sp³-hybridized carbons (Fsp3) is 0.364. The lowest BCUT2D eigenvalue weighted by Gasteiger charge is -2.26. The first-order valence-corrected chi connectivity index (χ1v) is 10.6. The minimum atomic E-state index is -0.467. The van der Waals surface area contributed by atoms with Crippen LogP contribution in [-0.4, -0.2) is 49.4 Å². The van der Waals surface area contributed by atoms with Crippen LogP contribution in [0.25, 0.3) is 10.9 Å². The Labute approximate surface area is 185 Å². The van der Waals surface area contributed by atoms with Crippen molar-refractivity contribution in [3.05, 3.63) is 47.5 Å². The summed E-state index contributed by atoms with van der Waals surface area (Å²) in [6.07, 6.45) is 3.54. The van der Waals surface area contributed by atoms with Crippen molar-refractivity contribution in [3.8, 4) is 5.75 Å². The molecule has 7 nitrogen and oxygen atoms in total. The standard InChI is InChI=1S/C22H25ClFN5O2/c1-30-8-9-31-21-12-19-16(11-20(21)28-14-4-6-25-7-5-14)22(27-13-26-19)29-15-2-3-18(24)17(23)10-15/h2-3,10-14,25,28H,4-9H2,1H3,(H,26,27,29). The molecule has 164 valence electrons. The average Bonchev–Trinajstić information content (AvgIpc) is 2.78. The maximum Gasteiger partial charge on any atom is 0.144 e. The summed E-state index contributed by atoms with van der Waals surface area (Å²) >= 11 is 5.92. The van der Waals surface area contributed by atoms with Crippen molar-refractivity contribution in [2.75, 3.05) is 44.0 Å². The van der Waals surface area contributed by atoms with E-state index in [0.717, 1.165) is 48.3 Å². The smallest absolute Gasteiger partial charge is 0.144 e. The van der Waals surface area contributed by atoms with Crippen LogP contribution in [0.1, 0.15) is 12.8 Å². The Morgan fingerprint density at radius 3 is 2.77 bits per heavy atom. The lowest BCUT2D eigenvalue weighted by molar-refractivity contribution is 0.146. The molecular weight excluding hydrogens is 421 g/mol. The van der Waals surface area contributed by atoms with Crippen molar-refractivity contribution < 1.29 is 13.9 Å². The third-order valence-corrected chi connectivity index (χ3v) is 5.45. The van der Waals surface area contributed by atoms with Gasteiger partial charge in [-0.25, -0.2) is 14.4 Å². The third kappa shape index (κ3) is 5.33. The molecule has 0 bridgehead atoms. The van der Waals surface area contributed by atoms with E-state index in [1.54, 1.807) is 13.2 Å². The van der Waals surface area contributed by atoms with Gasteiger partial charge in [0.05, 0.1) is 22.8 Å². The Morgan fingerprint density at radius 2 is 2.00 bits per heavy atom. The van der Waals surface area contributed by atoms with Crippen LogP contribution in [0.15, 0.2) is 36.7 Å². The molecule has 0 amide bonds. The van der Waals surface area contributed by atoms with Gasteiger partial charge in [0.2, 0.25) is 0 Å². The molecule has 0 unspecified atom stereocenters. The Kier molecular flexibility index (Phi) is 7.01. The number of rotatable bonds is 8. The van der Waals surface area contributed by atoms with E-state index in [0.29, 0.717) is 30.8 Å². The zero-order valence-electron chi connectivity index (χ0n) is 17.3. The predicted octanol–water partition coefficient (Wildman–Crippen LogP) is 4.36. The van der Waals surface area contributed by atoms with Crippen molar-refractivity contribution in [1.82, 2.24) is 15.3 Å². The molecule has 0 radical (unpaired) electrons. The van der Waals surface area contributed by atoms with Gasteiger partial charge in [-0.15, -0.1) is 0 Å². The molecule has 0 spiro atoms. The normalized spacial score (nSPS) is 14.5. The first-order chi connectivity index (χ1) is 15.1. The van der Waals surface area contributed by atoms with Crippen LogP contribution >= 0.6 is 11.6 Å². The van der Waals surface area contributed by atoms with Crippen LogP contribution in [0, 0.1) is 5.82 Å². The summed E-state index contributed by atoms with van der Waals surface area (Å²) < 4.78 is 24.6. The number of piperidine rings is 1. The molecule has 1 aromatic heterocycles. The highest BCUT2D eigenvalue weighted by molar-refractivity contribution is 6.31. The van der Waals surface area contributed by atoms with Gasteiger partial charge in [0.25, 0.3) is 0 Å². The number of methoxy groups -OCH3 is 1. The largest absolute Gasteiger partial charge is 0.489 e. The summed E-state index contributed by atoms with van der Waals surface area (Å²) in [5.41, 5.74) is 2.25. The van der Waals surface area contributed by atoms with Gasteiger partial charge in [0.15, 0.2) is 0 Å². The number of fused-ring (bicyclic) bond motifs is 1. The number of benzene rings is 2. The Bertz CT molecular complexity index is 1050. The highest BCUT2D eigenvalue weighted by Crippen LogP contribution is 2.34. The van der Waals surface area contributed by atoms with Gasteiger partial charge < -0.3 is 25.4 Å². The molecular formula is C22H25ClFN5O2. The van der Waals surface area contributed by atoms with Crippen LogP contribution in [0.4, 0.5) is 21.6 Å². The van der Waals surface area contributed by atoms with Gasteiger partial charge in [-0.2, -0.15) is 0 Å². The van der Waals surface area contributed by atoms with Gasteiger partial charge in [-0.3, -0.25) is 0 Å². The number of halogens is 2. The number of ether oxygens (including phenoxy) is 2. The maximum atomic E-state index is 13.5. The van der Waals surface area contributed by atoms with Gasteiger partial charge in [-0.05, 0) is 50.2 Å². The lowest BCUT2D eigenvalue weighted by Crippen LogP contribution is -2.35. The molecule has 1 aliphatic heterocycles. The molecule has 0 atom stereocenters. The highest BCUT2D eigenvalue weighted by Gasteiger charge is 2.17. The second-order valence-electron chi connectivity index (χ2n) is 7.35. The van der Waals surface area contributed by atoms with Crippen LogP contribution in [0.2, 0.25) is 5.02 Å². The van der Waals surface area contributed by atoms with Crippen LogP contribution in [-0.2, 0) is 4.74 Å². The Morgan fingerprint density at radius 1 is 1.16 bits per heavy atom. The topological polar surface area (TPSA) is 80.3 Å². The monoisotopic (exact) mass is 445 g/mol. The number of nitrogens with zero attached hydrogens (tertiary/aromatic N) is 2. The zero-order chi connectivity index (χ0) is 21.6. The lowest BCUT2D eigenvalue weighted by atomic mass is 10.1. The van der Waals surface area contributed by atoms with Crippen molar-refractivity contribution in [3.63, 3.8) is 0 Å². The Hall–Kier alpha value is -2.68. The Balaban J connectivity index is 1.68. The molecule has 0 saturated carbocycles. The minimum absolute atomic E-state index is 0.0467. The van der Waals surface area contributed by atoms with E-state index < -0.39 is 5.82 Å². The van der Waals surface area contributed by atoms with Crippen LogP contribution in [0.5, 0.6) is 5.75 Å². The van der Waals surface area contributed by atoms with Gasteiger partial charge >= 0.3 is 0 Å². The van der Waals surface area contributed by atoms with Crippen molar-refractivity contribution >= 4 is 39.7 Å². The summed E-state index contributed by atoms with van der Waals surface area (Å²) in [6.45, 7) is 2.89. The minimum Gasteiger partial charge on any atom is -0.489 e. The number of aromatic nitrogens is 2. The predicted molar refractivity (Wildman–Crippen MR) is 121 cm³/mol. The fourth-order valence-corrected chi connectivity index (χ4v) is 3.73. The van der Waals surface area contributed by atoms with Gasteiger partial charge in [0.1, 0.15) is 30.3 Å². The molecule has 3 N–H and O–H groups in total.